The van der Waals surface area contributed by atoms with Crippen LogP contribution in [0.3, 0.4) is 0 Å². The molecule has 0 aliphatic heterocycles. The van der Waals surface area contributed by atoms with Gasteiger partial charge >= 0.3 is 0 Å². The lowest BCUT2D eigenvalue weighted by Crippen LogP contribution is -2.26. The molecule has 0 aliphatic rings. The van der Waals surface area contributed by atoms with Crippen LogP contribution in [0.4, 0.5) is 0 Å². The van der Waals surface area contributed by atoms with Gasteiger partial charge in [0.15, 0.2) is 5.69 Å². The van der Waals surface area contributed by atoms with E-state index < -0.39 is 0 Å². The number of rotatable bonds is 4. The zero-order valence-electron chi connectivity index (χ0n) is 9.93. The topological polar surface area (TPSA) is 59.8 Å². The van der Waals surface area contributed by atoms with Gasteiger partial charge in [0.05, 0.1) is 6.20 Å². The minimum Gasteiger partial charge on any atom is -0.350 e. The van der Waals surface area contributed by atoms with Crippen LogP contribution >= 0.6 is 11.6 Å². The summed E-state index contributed by atoms with van der Waals surface area (Å²) in [6.45, 7) is 0.537. The van der Waals surface area contributed by atoms with Crippen LogP contribution in [-0.2, 0) is 13.5 Å². The Bertz CT molecular complexity index is 553. The molecule has 0 saturated heterocycles. The molecule has 0 bridgehead atoms. The van der Waals surface area contributed by atoms with Gasteiger partial charge in [0.1, 0.15) is 0 Å². The van der Waals surface area contributed by atoms with Crippen LogP contribution in [0.1, 0.15) is 16.1 Å². The summed E-state index contributed by atoms with van der Waals surface area (Å²) in [5, 5.41) is 10.9. The van der Waals surface area contributed by atoms with Crippen molar-refractivity contribution >= 4 is 17.5 Å². The van der Waals surface area contributed by atoms with Gasteiger partial charge in [-0.2, -0.15) is 0 Å². The second-order valence-corrected chi connectivity index (χ2v) is 4.35. The van der Waals surface area contributed by atoms with Crippen molar-refractivity contribution in [1.82, 2.24) is 20.3 Å². The molecule has 1 aromatic heterocycles. The molecule has 5 nitrogen and oxygen atoms in total. The lowest BCUT2D eigenvalue weighted by atomic mass is 10.1. The summed E-state index contributed by atoms with van der Waals surface area (Å²) >= 11 is 5.88. The minimum atomic E-state index is -0.217. The third-order valence-electron chi connectivity index (χ3n) is 2.42. The highest BCUT2D eigenvalue weighted by molar-refractivity contribution is 6.30. The molecule has 0 unspecified atom stereocenters. The Morgan fingerprint density at radius 1 is 1.50 bits per heavy atom. The second-order valence-electron chi connectivity index (χ2n) is 3.91. The van der Waals surface area contributed by atoms with Crippen LogP contribution in [0.2, 0.25) is 5.02 Å². The lowest BCUT2D eigenvalue weighted by molar-refractivity contribution is 0.0949. The van der Waals surface area contributed by atoms with E-state index >= 15 is 0 Å². The molecule has 1 aromatic carbocycles. The number of halogens is 1. The molecule has 2 aromatic rings. The molecule has 18 heavy (non-hydrogen) atoms. The first-order chi connectivity index (χ1) is 8.65. The Balaban J connectivity index is 1.84. The fourth-order valence-corrected chi connectivity index (χ4v) is 1.77. The summed E-state index contributed by atoms with van der Waals surface area (Å²) in [6.07, 6.45) is 2.31. The normalized spacial score (nSPS) is 10.3. The van der Waals surface area contributed by atoms with E-state index in [1.54, 1.807) is 13.2 Å². The maximum atomic E-state index is 11.7. The van der Waals surface area contributed by atoms with Gasteiger partial charge in [0.2, 0.25) is 0 Å². The van der Waals surface area contributed by atoms with Crippen molar-refractivity contribution in [3.63, 3.8) is 0 Å². The van der Waals surface area contributed by atoms with Crippen molar-refractivity contribution in [1.29, 1.82) is 0 Å². The Hall–Kier alpha value is -1.88. The molecular weight excluding hydrogens is 252 g/mol. The van der Waals surface area contributed by atoms with E-state index in [4.69, 9.17) is 11.6 Å². The predicted octanol–water partition coefficient (Wildman–Crippen LogP) is 1.44. The van der Waals surface area contributed by atoms with Gasteiger partial charge in [-0.25, -0.2) is 0 Å². The average Bonchev–Trinajstić information content (AvgIpc) is 2.76. The second kappa shape index (κ2) is 5.64. The van der Waals surface area contributed by atoms with E-state index in [1.807, 2.05) is 24.3 Å². The number of nitrogens with zero attached hydrogens (tertiary/aromatic N) is 3. The third kappa shape index (κ3) is 3.30. The number of benzene rings is 1. The molecule has 0 fully saturated rings. The maximum absolute atomic E-state index is 11.7. The first-order valence-electron chi connectivity index (χ1n) is 5.54. The number of amides is 1. The van der Waals surface area contributed by atoms with E-state index in [0.29, 0.717) is 17.3 Å². The minimum absolute atomic E-state index is 0.217. The molecule has 2 rings (SSSR count). The van der Waals surface area contributed by atoms with Gasteiger partial charge in [-0.15, -0.1) is 5.10 Å². The van der Waals surface area contributed by atoms with Crippen LogP contribution < -0.4 is 5.32 Å². The molecule has 1 amide bonds. The van der Waals surface area contributed by atoms with Crippen LogP contribution in [0.5, 0.6) is 0 Å². The summed E-state index contributed by atoms with van der Waals surface area (Å²) in [4.78, 5) is 11.7. The van der Waals surface area contributed by atoms with Crippen molar-refractivity contribution in [2.75, 3.05) is 6.54 Å². The van der Waals surface area contributed by atoms with Gasteiger partial charge in [-0.05, 0) is 24.1 Å². The highest BCUT2D eigenvalue weighted by Gasteiger charge is 2.08. The number of carbonyl (C=O) groups is 1. The molecule has 0 radical (unpaired) electrons. The standard InChI is InChI=1S/C12H13ClN4O/c1-17-8-11(15-16-17)12(18)14-6-5-9-3-2-4-10(13)7-9/h2-4,7-8H,5-6H2,1H3,(H,14,18). The average molecular weight is 265 g/mol. The van der Waals surface area contributed by atoms with Gasteiger partial charge in [-0.1, -0.05) is 28.9 Å². The fourth-order valence-electron chi connectivity index (χ4n) is 1.55. The van der Waals surface area contributed by atoms with Crippen LogP contribution in [0.15, 0.2) is 30.5 Å². The smallest absolute Gasteiger partial charge is 0.273 e. The van der Waals surface area contributed by atoms with Crippen LogP contribution in [-0.4, -0.2) is 27.4 Å². The van der Waals surface area contributed by atoms with Crippen molar-refractivity contribution < 1.29 is 4.79 Å². The summed E-state index contributed by atoms with van der Waals surface area (Å²) in [7, 11) is 1.72. The van der Waals surface area contributed by atoms with Gasteiger partial charge in [0.25, 0.3) is 5.91 Å². The predicted molar refractivity (Wildman–Crippen MR) is 68.5 cm³/mol. The Labute approximate surface area is 110 Å². The quantitative estimate of drug-likeness (QED) is 0.909. The zero-order valence-corrected chi connectivity index (χ0v) is 10.7. The molecule has 0 atom stereocenters. The zero-order chi connectivity index (χ0) is 13.0. The van der Waals surface area contributed by atoms with E-state index in [9.17, 15) is 4.79 Å². The van der Waals surface area contributed by atoms with E-state index in [2.05, 4.69) is 15.6 Å². The molecule has 1 N–H and O–H groups in total. The fraction of sp³-hybridized carbons (Fsp3) is 0.250. The van der Waals surface area contributed by atoms with Crippen molar-refractivity contribution in [2.45, 2.75) is 6.42 Å². The number of hydrogen-bond acceptors (Lipinski definition) is 3. The third-order valence-corrected chi connectivity index (χ3v) is 2.66. The number of carbonyl (C=O) groups excluding carboxylic acids is 1. The van der Waals surface area contributed by atoms with E-state index in [1.165, 1.54) is 4.68 Å². The Morgan fingerprint density at radius 3 is 3.00 bits per heavy atom. The van der Waals surface area contributed by atoms with Crippen LogP contribution in [0.25, 0.3) is 0 Å². The van der Waals surface area contributed by atoms with Gasteiger partial charge < -0.3 is 5.32 Å². The largest absolute Gasteiger partial charge is 0.350 e. The van der Waals surface area contributed by atoms with Gasteiger partial charge in [0, 0.05) is 18.6 Å². The molecule has 0 aliphatic carbocycles. The first-order valence-corrected chi connectivity index (χ1v) is 5.92. The van der Waals surface area contributed by atoms with Crippen molar-refractivity contribution in [2.24, 2.45) is 7.05 Å². The van der Waals surface area contributed by atoms with Crippen LogP contribution in [0, 0.1) is 0 Å². The number of hydrogen-bond donors (Lipinski definition) is 1. The number of aromatic nitrogens is 3. The van der Waals surface area contributed by atoms with E-state index in [0.717, 1.165) is 12.0 Å². The lowest BCUT2D eigenvalue weighted by Gasteiger charge is -2.03. The molecule has 6 heteroatoms. The summed E-state index contributed by atoms with van der Waals surface area (Å²) in [5.41, 5.74) is 1.41. The molecular formula is C12H13ClN4O. The molecule has 94 valence electrons. The summed E-state index contributed by atoms with van der Waals surface area (Å²) < 4.78 is 1.49. The Kier molecular flexibility index (Phi) is 3.94. The van der Waals surface area contributed by atoms with Gasteiger partial charge in [-0.3, -0.25) is 9.48 Å². The first kappa shape index (κ1) is 12.6. The monoisotopic (exact) mass is 264 g/mol. The van der Waals surface area contributed by atoms with E-state index in [-0.39, 0.29) is 5.91 Å². The van der Waals surface area contributed by atoms with Crippen molar-refractivity contribution in [3.8, 4) is 0 Å². The van der Waals surface area contributed by atoms with Crippen molar-refractivity contribution in [3.05, 3.63) is 46.7 Å². The highest BCUT2D eigenvalue weighted by Crippen LogP contribution is 2.10. The molecule has 1 heterocycles. The summed E-state index contributed by atoms with van der Waals surface area (Å²) in [5.74, 6) is -0.217. The number of nitrogens with one attached hydrogen (secondary N) is 1. The highest BCUT2D eigenvalue weighted by atomic mass is 35.5. The maximum Gasteiger partial charge on any atom is 0.273 e. The molecule has 0 saturated carbocycles. The molecule has 0 spiro atoms. The SMILES string of the molecule is Cn1cc(C(=O)NCCc2cccc(Cl)c2)nn1. The Morgan fingerprint density at radius 2 is 2.33 bits per heavy atom. The summed E-state index contributed by atoms with van der Waals surface area (Å²) in [6, 6.07) is 7.57. The number of aryl methyl sites for hydroxylation is 1.